The Balaban J connectivity index is 2.80. The Labute approximate surface area is 75.3 Å². The van der Waals surface area contributed by atoms with Crippen LogP contribution in [0.2, 0.25) is 0 Å². The highest BCUT2D eigenvalue weighted by Gasteiger charge is 2.51. The molecule has 1 heterocycles. The second kappa shape index (κ2) is 3.87. The summed E-state index contributed by atoms with van der Waals surface area (Å²) in [4.78, 5) is 0. The summed E-state index contributed by atoms with van der Waals surface area (Å²) >= 11 is 0. The van der Waals surface area contributed by atoms with Gasteiger partial charge in [-0.15, -0.1) is 0 Å². The minimum absolute atomic E-state index is 0.137. The first-order valence-electron chi connectivity index (χ1n) is 3.90. The fraction of sp³-hybridized carbons (Fsp3) is 1.00. The smallest absolute Gasteiger partial charge is 0.191 e. The SMILES string of the molecule is COC1OCC(O)C(O)C1(O)CO. The van der Waals surface area contributed by atoms with Crippen molar-refractivity contribution in [1.82, 2.24) is 0 Å². The van der Waals surface area contributed by atoms with Crippen LogP contribution >= 0.6 is 0 Å². The van der Waals surface area contributed by atoms with Crippen molar-refractivity contribution in [2.75, 3.05) is 20.3 Å². The van der Waals surface area contributed by atoms with Gasteiger partial charge in [0.15, 0.2) is 11.9 Å². The van der Waals surface area contributed by atoms with E-state index in [2.05, 4.69) is 0 Å². The van der Waals surface area contributed by atoms with Crippen LogP contribution in [0.15, 0.2) is 0 Å². The van der Waals surface area contributed by atoms with E-state index in [1.165, 1.54) is 7.11 Å². The van der Waals surface area contributed by atoms with Crippen LogP contribution < -0.4 is 0 Å². The Morgan fingerprint density at radius 1 is 1.54 bits per heavy atom. The van der Waals surface area contributed by atoms with Crippen molar-refractivity contribution in [3.63, 3.8) is 0 Å². The molecule has 0 spiro atoms. The van der Waals surface area contributed by atoms with Crippen molar-refractivity contribution in [1.29, 1.82) is 0 Å². The summed E-state index contributed by atoms with van der Waals surface area (Å²) in [6, 6.07) is 0. The zero-order chi connectivity index (χ0) is 10.1. The summed E-state index contributed by atoms with van der Waals surface area (Å²) in [7, 11) is 1.27. The fourth-order valence-corrected chi connectivity index (χ4v) is 1.33. The molecule has 0 radical (unpaired) electrons. The van der Waals surface area contributed by atoms with E-state index in [4.69, 9.17) is 19.7 Å². The number of aliphatic hydroxyl groups is 4. The van der Waals surface area contributed by atoms with Gasteiger partial charge in [0.05, 0.1) is 13.2 Å². The van der Waals surface area contributed by atoms with Gasteiger partial charge < -0.3 is 29.9 Å². The Morgan fingerprint density at radius 2 is 2.15 bits per heavy atom. The predicted octanol–water partition coefficient (Wildman–Crippen LogP) is -2.57. The van der Waals surface area contributed by atoms with Gasteiger partial charge in [0.1, 0.15) is 12.2 Å². The second-order valence-electron chi connectivity index (χ2n) is 3.06. The zero-order valence-electron chi connectivity index (χ0n) is 7.25. The van der Waals surface area contributed by atoms with Gasteiger partial charge in [0, 0.05) is 7.11 Å². The maximum Gasteiger partial charge on any atom is 0.191 e. The standard InChI is InChI=1S/C7H14O6/c1-12-6-7(11,3-8)5(10)4(9)2-13-6/h4-6,8-11H,2-3H2,1H3. The van der Waals surface area contributed by atoms with Crippen LogP contribution in [0.5, 0.6) is 0 Å². The van der Waals surface area contributed by atoms with Crippen molar-refractivity contribution in [3.8, 4) is 0 Å². The third-order valence-electron chi connectivity index (χ3n) is 2.17. The topological polar surface area (TPSA) is 99.4 Å². The van der Waals surface area contributed by atoms with Gasteiger partial charge in [-0.05, 0) is 0 Å². The molecular formula is C7H14O6. The molecule has 0 aliphatic carbocycles. The molecule has 4 unspecified atom stereocenters. The number of aliphatic hydroxyl groups excluding tert-OH is 3. The molecule has 0 aromatic carbocycles. The number of methoxy groups -OCH3 is 1. The Bertz CT molecular complexity index is 170. The molecule has 0 bridgehead atoms. The molecular weight excluding hydrogens is 180 g/mol. The van der Waals surface area contributed by atoms with Crippen LogP contribution in [0, 0.1) is 0 Å². The van der Waals surface area contributed by atoms with Gasteiger partial charge in [-0.1, -0.05) is 0 Å². The van der Waals surface area contributed by atoms with E-state index in [9.17, 15) is 10.2 Å². The number of hydrogen-bond acceptors (Lipinski definition) is 6. The van der Waals surface area contributed by atoms with Gasteiger partial charge in [0.25, 0.3) is 0 Å². The van der Waals surface area contributed by atoms with Crippen LogP contribution in [-0.2, 0) is 9.47 Å². The number of hydrogen-bond donors (Lipinski definition) is 4. The highest BCUT2D eigenvalue weighted by molar-refractivity contribution is 4.96. The largest absolute Gasteiger partial charge is 0.393 e. The molecule has 1 rings (SSSR count). The average Bonchev–Trinajstić information content (AvgIpc) is 2.15. The highest BCUT2D eigenvalue weighted by Crippen LogP contribution is 2.26. The van der Waals surface area contributed by atoms with Gasteiger partial charge in [-0.2, -0.15) is 0 Å². The molecule has 0 amide bonds. The zero-order valence-corrected chi connectivity index (χ0v) is 7.25. The molecule has 1 fully saturated rings. The van der Waals surface area contributed by atoms with E-state index in [1.54, 1.807) is 0 Å². The molecule has 6 heteroatoms. The number of rotatable bonds is 2. The maximum atomic E-state index is 9.67. The van der Waals surface area contributed by atoms with Gasteiger partial charge in [-0.25, -0.2) is 0 Å². The molecule has 0 aromatic rings. The summed E-state index contributed by atoms with van der Waals surface area (Å²) in [6.07, 6.45) is -3.82. The van der Waals surface area contributed by atoms with Crippen LogP contribution in [0.4, 0.5) is 0 Å². The van der Waals surface area contributed by atoms with Crippen molar-refractivity contribution in [2.24, 2.45) is 0 Å². The van der Waals surface area contributed by atoms with E-state index in [0.29, 0.717) is 0 Å². The van der Waals surface area contributed by atoms with Gasteiger partial charge >= 0.3 is 0 Å². The lowest BCUT2D eigenvalue weighted by molar-refractivity contribution is -0.317. The van der Waals surface area contributed by atoms with E-state index in [0.717, 1.165) is 0 Å². The van der Waals surface area contributed by atoms with Crippen LogP contribution in [0.25, 0.3) is 0 Å². The lowest BCUT2D eigenvalue weighted by Gasteiger charge is -2.43. The summed E-state index contributed by atoms with van der Waals surface area (Å²) in [5.41, 5.74) is -1.97. The average molecular weight is 194 g/mol. The first-order valence-corrected chi connectivity index (χ1v) is 3.90. The van der Waals surface area contributed by atoms with Crippen molar-refractivity contribution in [2.45, 2.75) is 24.1 Å². The second-order valence-corrected chi connectivity index (χ2v) is 3.06. The minimum Gasteiger partial charge on any atom is -0.393 e. The normalized spacial score (nSPS) is 46.4. The van der Waals surface area contributed by atoms with E-state index in [-0.39, 0.29) is 6.61 Å². The molecule has 0 aromatic heterocycles. The summed E-state index contributed by atoms with van der Waals surface area (Å²) < 4.78 is 9.59. The van der Waals surface area contributed by atoms with Crippen molar-refractivity contribution >= 4 is 0 Å². The molecule has 1 aliphatic rings. The Kier molecular flexibility index (Phi) is 3.23. The first kappa shape index (κ1) is 10.8. The molecule has 13 heavy (non-hydrogen) atoms. The lowest BCUT2D eigenvalue weighted by Crippen LogP contribution is -2.65. The maximum absolute atomic E-state index is 9.67. The third kappa shape index (κ3) is 1.69. The fourth-order valence-electron chi connectivity index (χ4n) is 1.33. The summed E-state index contributed by atoms with van der Waals surface area (Å²) in [5, 5.41) is 37.1. The summed E-state index contributed by atoms with van der Waals surface area (Å²) in [6.45, 7) is -0.883. The van der Waals surface area contributed by atoms with Gasteiger partial charge in [0.2, 0.25) is 0 Å². The van der Waals surface area contributed by atoms with Crippen LogP contribution in [0.1, 0.15) is 0 Å². The number of ether oxygens (including phenoxy) is 2. The highest BCUT2D eigenvalue weighted by atomic mass is 16.7. The van der Waals surface area contributed by atoms with E-state index in [1.807, 2.05) is 0 Å². The lowest BCUT2D eigenvalue weighted by atomic mass is 9.90. The van der Waals surface area contributed by atoms with Gasteiger partial charge in [-0.3, -0.25) is 0 Å². The first-order chi connectivity index (χ1) is 6.06. The predicted molar refractivity (Wildman–Crippen MR) is 40.8 cm³/mol. The molecule has 1 saturated heterocycles. The molecule has 6 nitrogen and oxygen atoms in total. The van der Waals surface area contributed by atoms with Crippen LogP contribution in [-0.4, -0.2) is 64.8 Å². The molecule has 1 aliphatic heterocycles. The molecule has 4 N–H and O–H groups in total. The molecule has 4 atom stereocenters. The Morgan fingerprint density at radius 3 is 2.62 bits per heavy atom. The summed E-state index contributed by atoms with van der Waals surface area (Å²) in [5.74, 6) is 0. The molecule has 0 saturated carbocycles. The van der Waals surface area contributed by atoms with E-state index < -0.39 is 30.7 Å². The quantitative estimate of drug-likeness (QED) is 0.386. The minimum atomic E-state index is -1.97. The molecule has 78 valence electrons. The van der Waals surface area contributed by atoms with E-state index >= 15 is 0 Å². The third-order valence-corrected chi connectivity index (χ3v) is 2.17. The van der Waals surface area contributed by atoms with Crippen molar-refractivity contribution < 1.29 is 29.9 Å². The van der Waals surface area contributed by atoms with Crippen molar-refractivity contribution in [3.05, 3.63) is 0 Å². The van der Waals surface area contributed by atoms with Crippen LogP contribution in [0.3, 0.4) is 0 Å². The Hall–Kier alpha value is -0.240. The monoisotopic (exact) mass is 194 g/mol.